The highest BCUT2D eigenvalue weighted by molar-refractivity contribution is 7.92. The van der Waals surface area contributed by atoms with Crippen LogP contribution in [-0.2, 0) is 10.0 Å². The molecule has 1 N–H and O–H groups in total. The highest BCUT2D eigenvalue weighted by Crippen LogP contribution is 2.22. The highest BCUT2D eigenvalue weighted by atomic mass is 32.2. The fraction of sp³-hybridized carbons (Fsp3) is 0.350. The SMILES string of the molecule is Cc1ccc(OCC(C)NC(=O)c2ccc(N(C)S(C)(=O)=O)c(C)c2)cc1. The Hall–Kier alpha value is -2.54. The third-order valence-electron chi connectivity index (χ3n) is 4.19. The molecular weight excluding hydrogens is 364 g/mol. The second kappa shape index (κ2) is 8.43. The summed E-state index contributed by atoms with van der Waals surface area (Å²) in [7, 11) is -1.86. The number of rotatable bonds is 7. The monoisotopic (exact) mass is 390 g/mol. The zero-order valence-corrected chi connectivity index (χ0v) is 17.1. The molecule has 2 rings (SSSR count). The Morgan fingerprint density at radius 2 is 1.78 bits per heavy atom. The molecule has 0 heterocycles. The molecule has 0 aliphatic carbocycles. The second-order valence-electron chi connectivity index (χ2n) is 6.73. The summed E-state index contributed by atoms with van der Waals surface area (Å²) in [6, 6.07) is 12.5. The number of anilines is 1. The normalized spacial score (nSPS) is 12.3. The summed E-state index contributed by atoms with van der Waals surface area (Å²) >= 11 is 0. The summed E-state index contributed by atoms with van der Waals surface area (Å²) in [5.41, 5.74) is 2.88. The Bertz CT molecular complexity index is 908. The Balaban J connectivity index is 1.98. The summed E-state index contributed by atoms with van der Waals surface area (Å²) < 4.78 is 30.3. The molecule has 0 saturated carbocycles. The number of nitrogens with one attached hydrogen (secondary N) is 1. The molecule has 1 unspecified atom stereocenters. The summed E-state index contributed by atoms with van der Waals surface area (Å²) in [4.78, 5) is 12.4. The van der Waals surface area contributed by atoms with Gasteiger partial charge in [0.15, 0.2) is 0 Å². The van der Waals surface area contributed by atoms with Crippen molar-refractivity contribution in [1.82, 2.24) is 5.32 Å². The van der Waals surface area contributed by atoms with Crippen LogP contribution in [0.3, 0.4) is 0 Å². The van der Waals surface area contributed by atoms with Gasteiger partial charge in [-0.05, 0) is 56.7 Å². The van der Waals surface area contributed by atoms with Crippen LogP contribution in [0.5, 0.6) is 5.75 Å². The van der Waals surface area contributed by atoms with E-state index in [1.165, 1.54) is 11.4 Å². The van der Waals surface area contributed by atoms with Gasteiger partial charge in [0.2, 0.25) is 10.0 Å². The molecule has 6 nitrogen and oxygen atoms in total. The number of benzene rings is 2. The standard InChI is InChI=1S/C20H26N2O4S/c1-14-6-9-18(10-7-14)26-13-16(3)21-20(23)17-8-11-19(15(2)12-17)22(4)27(5,24)25/h6-12,16H,13H2,1-5H3,(H,21,23). The van der Waals surface area contributed by atoms with E-state index in [4.69, 9.17) is 4.74 Å². The van der Waals surface area contributed by atoms with Gasteiger partial charge in [0.05, 0.1) is 18.0 Å². The molecule has 0 saturated heterocycles. The number of carbonyl (C=O) groups excluding carboxylic acids is 1. The van der Waals surface area contributed by atoms with Gasteiger partial charge in [-0.25, -0.2) is 8.42 Å². The maximum Gasteiger partial charge on any atom is 0.251 e. The third kappa shape index (κ3) is 5.72. The molecular formula is C20H26N2O4S. The number of sulfonamides is 1. The average Bonchev–Trinajstić information content (AvgIpc) is 2.59. The quantitative estimate of drug-likeness (QED) is 0.789. The van der Waals surface area contributed by atoms with Crippen molar-refractivity contribution in [1.29, 1.82) is 0 Å². The van der Waals surface area contributed by atoms with E-state index in [2.05, 4.69) is 5.32 Å². The van der Waals surface area contributed by atoms with E-state index in [1.807, 2.05) is 38.1 Å². The molecule has 0 aliphatic rings. The smallest absolute Gasteiger partial charge is 0.251 e. The molecule has 2 aromatic carbocycles. The van der Waals surface area contributed by atoms with Crippen molar-refractivity contribution >= 4 is 21.6 Å². The van der Waals surface area contributed by atoms with E-state index in [-0.39, 0.29) is 11.9 Å². The minimum atomic E-state index is -3.35. The van der Waals surface area contributed by atoms with Gasteiger partial charge in [-0.1, -0.05) is 17.7 Å². The number of nitrogens with zero attached hydrogens (tertiary/aromatic N) is 1. The minimum absolute atomic E-state index is 0.183. The van der Waals surface area contributed by atoms with E-state index in [0.717, 1.165) is 17.6 Å². The summed E-state index contributed by atoms with van der Waals surface area (Å²) in [6.45, 7) is 6.00. The van der Waals surface area contributed by atoms with Gasteiger partial charge in [-0.2, -0.15) is 0 Å². The Morgan fingerprint density at radius 1 is 1.15 bits per heavy atom. The lowest BCUT2D eigenvalue weighted by atomic mass is 10.1. The van der Waals surface area contributed by atoms with Gasteiger partial charge in [-0.3, -0.25) is 9.10 Å². The molecule has 1 amide bonds. The Labute approximate surface area is 161 Å². The molecule has 0 radical (unpaired) electrons. The van der Waals surface area contributed by atoms with E-state index >= 15 is 0 Å². The van der Waals surface area contributed by atoms with Crippen LogP contribution >= 0.6 is 0 Å². The van der Waals surface area contributed by atoms with Gasteiger partial charge < -0.3 is 10.1 Å². The summed E-state index contributed by atoms with van der Waals surface area (Å²) in [5.74, 6) is 0.525. The van der Waals surface area contributed by atoms with Crippen LogP contribution in [0.25, 0.3) is 0 Å². The van der Waals surface area contributed by atoms with Crippen LogP contribution < -0.4 is 14.4 Å². The number of aryl methyl sites for hydroxylation is 2. The maximum atomic E-state index is 12.4. The van der Waals surface area contributed by atoms with Gasteiger partial charge in [-0.15, -0.1) is 0 Å². The Morgan fingerprint density at radius 3 is 2.33 bits per heavy atom. The number of amides is 1. The first-order chi connectivity index (χ1) is 12.6. The molecule has 1 atom stereocenters. The molecule has 7 heteroatoms. The van der Waals surface area contributed by atoms with Crippen molar-refractivity contribution in [2.75, 3.05) is 24.2 Å². The molecule has 0 aromatic heterocycles. The van der Waals surface area contributed by atoms with Crippen molar-refractivity contribution < 1.29 is 17.9 Å². The molecule has 2 aromatic rings. The van der Waals surface area contributed by atoms with Crippen LogP contribution in [-0.4, -0.2) is 40.3 Å². The van der Waals surface area contributed by atoms with Crippen LogP contribution in [0.2, 0.25) is 0 Å². The van der Waals surface area contributed by atoms with Crippen LogP contribution in [0.1, 0.15) is 28.4 Å². The predicted octanol–water partition coefficient (Wildman–Crippen LogP) is 2.90. The molecule has 0 spiro atoms. The molecule has 0 bridgehead atoms. The lowest BCUT2D eigenvalue weighted by Crippen LogP contribution is -2.36. The van der Waals surface area contributed by atoms with Crippen molar-refractivity contribution in [3.05, 3.63) is 59.2 Å². The lowest BCUT2D eigenvalue weighted by Gasteiger charge is -2.20. The first-order valence-corrected chi connectivity index (χ1v) is 10.5. The summed E-state index contributed by atoms with van der Waals surface area (Å²) in [6.07, 6.45) is 1.14. The highest BCUT2D eigenvalue weighted by Gasteiger charge is 2.16. The second-order valence-corrected chi connectivity index (χ2v) is 8.74. The van der Waals surface area contributed by atoms with Gasteiger partial charge in [0.25, 0.3) is 5.91 Å². The topological polar surface area (TPSA) is 75.7 Å². The summed E-state index contributed by atoms with van der Waals surface area (Å²) in [5, 5.41) is 2.89. The van der Waals surface area contributed by atoms with Gasteiger partial charge in [0, 0.05) is 12.6 Å². The van der Waals surface area contributed by atoms with Crippen LogP contribution in [0, 0.1) is 13.8 Å². The lowest BCUT2D eigenvalue weighted by molar-refractivity contribution is 0.0926. The number of ether oxygens (including phenoxy) is 1. The van der Waals surface area contributed by atoms with Crippen LogP contribution in [0.15, 0.2) is 42.5 Å². The fourth-order valence-corrected chi connectivity index (χ4v) is 3.10. The number of hydrogen-bond acceptors (Lipinski definition) is 4. The zero-order valence-electron chi connectivity index (χ0n) is 16.3. The van der Waals surface area contributed by atoms with Crippen molar-refractivity contribution in [2.45, 2.75) is 26.8 Å². The van der Waals surface area contributed by atoms with Crippen LogP contribution in [0.4, 0.5) is 5.69 Å². The fourth-order valence-electron chi connectivity index (χ4n) is 2.53. The van der Waals surface area contributed by atoms with E-state index in [9.17, 15) is 13.2 Å². The molecule has 0 aliphatic heterocycles. The van der Waals surface area contributed by atoms with E-state index < -0.39 is 10.0 Å². The maximum absolute atomic E-state index is 12.4. The first kappa shape index (κ1) is 20.8. The third-order valence-corrected chi connectivity index (χ3v) is 5.39. The van der Waals surface area contributed by atoms with Gasteiger partial charge >= 0.3 is 0 Å². The van der Waals surface area contributed by atoms with Crippen molar-refractivity contribution in [2.24, 2.45) is 0 Å². The van der Waals surface area contributed by atoms with Crippen molar-refractivity contribution in [3.63, 3.8) is 0 Å². The first-order valence-electron chi connectivity index (χ1n) is 8.63. The number of hydrogen-bond donors (Lipinski definition) is 1. The van der Waals surface area contributed by atoms with Gasteiger partial charge in [0.1, 0.15) is 12.4 Å². The molecule has 27 heavy (non-hydrogen) atoms. The zero-order chi connectivity index (χ0) is 20.2. The molecule has 0 fully saturated rings. The van der Waals surface area contributed by atoms with E-state index in [1.54, 1.807) is 25.1 Å². The predicted molar refractivity (Wildman–Crippen MR) is 108 cm³/mol. The minimum Gasteiger partial charge on any atom is -0.491 e. The van der Waals surface area contributed by atoms with Crippen molar-refractivity contribution in [3.8, 4) is 5.75 Å². The number of carbonyl (C=O) groups is 1. The largest absolute Gasteiger partial charge is 0.491 e. The molecule has 146 valence electrons. The average molecular weight is 391 g/mol. The Kier molecular flexibility index (Phi) is 6.49. The van der Waals surface area contributed by atoms with E-state index in [0.29, 0.717) is 23.4 Å².